The van der Waals surface area contributed by atoms with Gasteiger partial charge in [-0.25, -0.2) is 0 Å². The van der Waals surface area contributed by atoms with Gasteiger partial charge in [0.1, 0.15) is 30.5 Å². The minimum atomic E-state index is -3.84. The molecular formula is C29H30O9S. The Balaban J connectivity index is 1.35. The normalized spacial score (nSPS) is 33.3. The van der Waals surface area contributed by atoms with Gasteiger partial charge in [0.15, 0.2) is 18.9 Å². The molecule has 3 aromatic rings. The molecule has 3 aliphatic rings. The topological polar surface area (TPSA) is 98.8 Å². The van der Waals surface area contributed by atoms with Crippen LogP contribution in [0.1, 0.15) is 35.6 Å². The molecule has 3 fully saturated rings. The Labute approximate surface area is 227 Å². The lowest BCUT2D eigenvalue weighted by Gasteiger charge is -2.50. The predicted molar refractivity (Wildman–Crippen MR) is 139 cm³/mol. The maximum absolute atomic E-state index is 12.2. The molecule has 0 aromatic heterocycles. The van der Waals surface area contributed by atoms with Crippen molar-refractivity contribution in [3.05, 3.63) is 108 Å². The van der Waals surface area contributed by atoms with Crippen LogP contribution in [0.2, 0.25) is 0 Å². The predicted octanol–water partition coefficient (Wildman–Crippen LogP) is 4.04. The summed E-state index contributed by atoms with van der Waals surface area (Å²) in [7, 11) is -3.84. The highest BCUT2D eigenvalue weighted by Crippen LogP contribution is 2.42. The van der Waals surface area contributed by atoms with Crippen molar-refractivity contribution in [2.45, 2.75) is 49.4 Å². The molecule has 0 N–H and O–H groups in total. The van der Waals surface area contributed by atoms with E-state index in [0.29, 0.717) is 0 Å². The third-order valence-electron chi connectivity index (χ3n) is 6.86. The van der Waals surface area contributed by atoms with Crippen molar-refractivity contribution < 1.29 is 41.0 Å². The van der Waals surface area contributed by atoms with Crippen LogP contribution in [0.3, 0.4) is 0 Å². The summed E-state index contributed by atoms with van der Waals surface area (Å²) in [5, 5.41) is 0. The first-order valence-corrected chi connectivity index (χ1v) is 14.6. The SMILES string of the molecule is CS(=O)(=O)O[C@@H]1CO[C@@H](c2ccccc2)O[C@@H]1[C@H]1O[C@@H](c2ccccc2)O[C@@H]2CO[C@H](c3ccccc3)O[C@H]12. The molecule has 9 nitrogen and oxygen atoms in total. The van der Waals surface area contributed by atoms with E-state index in [-0.39, 0.29) is 13.2 Å². The van der Waals surface area contributed by atoms with Gasteiger partial charge in [0, 0.05) is 16.7 Å². The number of ether oxygens (including phenoxy) is 6. The monoisotopic (exact) mass is 554 g/mol. The summed E-state index contributed by atoms with van der Waals surface area (Å²) >= 11 is 0. The lowest BCUT2D eigenvalue weighted by atomic mass is 9.95. The molecule has 0 saturated carbocycles. The molecule has 0 spiro atoms. The quantitative estimate of drug-likeness (QED) is 0.418. The van der Waals surface area contributed by atoms with Crippen molar-refractivity contribution in [1.29, 1.82) is 0 Å². The van der Waals surface area contributed by atoms with Gasteiger partial charge in [0.2, 0.25) is 0 Å². The molecule has 10 heteroatoms. The van der Waals surface area contributed by atoms with Crippen LogP contribution < -0.4 is 0 Å². The van der Waals surface area contributed by atoms with E-state index >= 15 is 0 Å². The summed E-state index contributed by atoms with van der Waals surface area (Å²) in [6.07, 6.45) is -4.91. The van der Waals surface area contributed by atoms with Crippen molar-refractivity contribution in [1.82, 2.24) is 0 Å². The lowest BCUT2D eigenvalue weighted by Crippen LogP contribution is -2.62. The molecule has 6 rings (SSSR count). The fraction of sp³-hybridized carbons (Fsp3) is 0.379. The molecule has 0 unspecified atom stereocenters. The molecule has 39 heavy (non-hydrogen) atoms. The van der Waals surface area contributed by atoms with Crippen LogP contribution in [0, 0.1) is 0 Å². The van der Waals surface area contributed by atoms with Crippen molar-refractivity contribution in [3.8, 4) is 0 Å². The second-order valence-corrected chi connectivity index (χ2v) is 11.3. The van der Waals surface area contributed by atoms with Crippen LogP contribution in [0.15, 0.2) is 91.0 Å². The molecule has 3 heterocycles. The maximum Gasteiger partial charge on any atom is 0.264 e. The van der Waals surface area contributed by atoms with Crippen molar-refractivity contribution in [2.75, 3.05) is 19.5 Å². The van der Waals surface area contributed by atoms with E-state index in [4.69, 9.17) is 32.6 Å². The molecule has 8 atom stereocenters. The van der Waals surface area contributed by atoms with Crippen LogP contribution in [-0.2, 0) is 42.7 Å². The number of hydrogen-bond acceptors (Lipinski definition) is 9. The van der Waals surface area contributed by atoms with Crippen LogP contribution in [0.25, 0.3) is 0 Å². The molecule has 0 bridgehead atoms. The lowest BCUT2D eigenvalue weighted by molar-refractivity contribution is -0.390. The summed E-state index contributed by atoms with van der Waals surface area (Å²) in [5.41, 5.74) is 2.44. The van der Waals surface area contributed by atoms with Gasteiger partial charge in [-0.2, -0.15) is 8.42 Å². The summed E-state index contributed by atoms with van der Waals surface area (Å²) < 4.78 is 67.6. The number of rotatable bonds is 6. The van der Waals surface area contributed by atoms with Gasteiger partial charge in [-0.1, -0.05) is 91.0 Å². The van der Waals surface area contributed by atoms with E-state index in [9.17, 15) is 8.42 Å². The average molecular weight is 555 g/mol. The van der Waals surface area contributed by atoms with Crippen molar-refractivity contribution in [2.24, 2.45) is 0 Å². The highest BCUT2D eigenvalue weighted by molar-refractivity contribution is 7.86. The van der Waals surface area contributed by atoms with Gasteiger partial charge in [0.05, 0.1) is 19.5 Å². The second-order valence-electron chi connectivity index (χ2n) is 9.71. The van der Waals surface area contributed by atoms with Crippen LogP contribution in [0.4, 0.5) is 0 Å². The van der Waals surface area contributed by atoms with Crippen LogP contribution in [-0.4, -0.2) is 58.4 Å². The van der Waals surface area contributed by atoms with E-state index in [1.165, 1.54) is 0 Å². The van der Waals surface area contributed by atoms with Crippen molar-refractivity contribution in [3.63, 3.8) is 0 Å². The largest absolute Gasteiger partial charge is 0.346 e. The molecule has 206 valence electrons. The van der Waals surface area contributed by atoms with Gasteiger partial charge in [0.25, 0.3) is 10.1 Å². The maximum atomic E-state index is 12.2. The molecule has 0 amide bonds. The average Bonchev–Trinajstić information content (AvgIpc) is 2.97. The molecular weight excluding hydrogens is 524 g/mol. The number of fused-ring (bicyclic) bond motifs is 1. The first kappa shape index (κ1) is 26.5. The second kappa shape index (κ2) is 11.4. The van der Waals surface area contributed by atoms with Gasteiger partial charge in [-0.05, 0) is 0 Å². The van der Waals surface area contributed by atoms with Gasteiger partial charge < -0.3 is 28.4 Å². The fourth-order valence-electron chi connectivity index (χ4n) is 5.11. The van der Waals surface area contributed by atoms with Crippen LogP contribution in [0.5, 0.6) is 0 Å². The Hall–Kier alpha value is -2.67. The third kappa shape index (κ3) is 6.08. The Morgan fingerprint density at radius 1 is 0.590 bits per heavy atom. The molecule has 3 aliphatic heterocycles. The van der Waals surface area contributed by atoms with Crippen LogP contribution >= 0.6 is 0 Å². The Kier molecular flexibility index (Phi) is 7.79. The third-order valence-corrected chi connectivity index (χ3v) is 7.46. The van der Waals surface area contributed by atoms with Gasteiger partial charge in [-0.3, -0.25) is 4.18 Å². The first-order valence-electron chi connectivity index (χ1n) is 12.8. The zero-order valence-corrected chi connectivity index (χ0v) is 22.1. The van der Waals surface area contributed by atoms with E-state index in [2.05, 4.69) is 0 Å². The Morgan fingerprint density at radius 2 is 1.05 bits per heavy atom. The smallest absolute Gasteiger partial charge is 0.264 e. The Bertz CT molecular complexity index is 1320. The zero-order valence-electron chi connectivity index (χ0n) is 21.3. The standard InChI is InChI=1S/C29H30O9S/c1-39(30,31)38-23-18-33-28(20-13-7-3-8-14-20)36-25(23)26-24-22(34-29(37-26)21-15-9-4-10-16-21)17-32-27(35-24)19-11-5-2-6-12-19/h2-16,22-29H,17-18H2,1H3/t22-,23-,24+,25+,26+,27+,28-,29+/m1/s1. The zero-order chi connectivity index (χ0) is 26.8. The van der Waals surface area contributed by atoms with E-state index in [0.717, 1.165) is 22.9 Å². The minimum absolute atomic E-state index is 0.0238. The summed E-state index contributed by atoms with van der Waals surface area (Å²) in [6.45, 7) is 0.223. The molecule has 3 aromatic carbocycles. The summed E-state index contributed by atoms with van der Waals surface area (Å²) in [4.78, 5) is 0. The van der Waals surface area contributed by atoms with E-state index in [1.807, 2.05) is 91.0 Å². The van der Waals surface area contributed by atoms with Gasteiger partial charge in [-0.15, -0.1) is 0 Å². The number of benzene rings is 3. The molecule has 3 saturated heterocycles. The molecule has 0 aliphatic carbocycles. The Morgan fingerprint density at radius 3 is 1.59 bits per heavy atom. The summed E-state index contributed by atoms with van der Waals surface area (Å²) in [5.74, 6) is 0. The van der Waals surface area contributed by atoms with E-state index in [1.54, 1.807) is 0 Å². The highest BCUT2D eigenvalue weighted by Gasteiger charge is 2.53. The summed E-state index contributed by atoms with van der Waals surface area (Å²) in [6, 6.07) is 28.5. The number of hydrogen-bond donors (Lipinski definition) is 0. The highest BCUT2D eigenvalue weighted by atomic mass is 32.2. The first-order chi connectivity index (χ1) is 18.9. The van der Waals surface area contributed by atoms with Crippen molar-refractivity contribution >= 4 is 10.1 Å². The molecule has 0 radical (unpaired) electrons. The fourth-order valence-corrected chi connectivity index (χ4v) is 5.72. The minimum Gasteiger partial charge on any atom is -0.346 e. The van der Waals surface area contributed by atoms with E-state index < -0.39 is 59.5 Å². The van der Waals surface area contributed by atoms with Gasteiger partial charge >= 0.3 is 0 Å².